The van der Waals surface area contributed by atoms with Crippen LogP contribution < -0.4 is 5.73 Å². The zero-order valence-electron chi connectivity index (χ0n) is 15.4. The van der Waals surface area contributed by atoms with Crippen LogP contribution in [0.2, 0.25) is 0 Å². The van der Waals surface area contributed by atoms with Crippen LogP contribution in [0.4, 0.5) is 5.82 Å². The Morgan fingerprint density at radius 3 is 2.68 bits per heavy atom. The molecule has 2 aromatic heterocycles. The summed E-state index contributed by atoms with van der Waals surface area (Å²) in [6, 6.07) is 8.09. The van der Waals surface area contributed by atoms with Crippen molar-refractivity contribution >= 4 is 27.8 Å². The van der Waals surface area contributed by atoms with Gasteiger partial charge in [-0.2, -0.15) is 0 Å². The number of hydrogen-bond donors (Lipinski definition) is 2. The lowest BCUT2D eigenvalue weighted by Gasteiger charge is -2.26. The molecule has 0 aliphatic rings. The number of imidazole rings is 1. The molecule has 0 saturated carbocycles. The van der Waals surface area contributed by atoms with E-state index in [1.807, 2.05) is 18.2 Å². The molecule has 0 fully saturated rings. The minimum atomic E-state index is -0.0253. The SMILES string of the molecule is CCCCc1nc2c(N)nc3ccccc3c2n1CC(C)(C)CCO. The number of rotatable bonds is 7. The van der Waals surface area contributed by atoms with E-state index >= 15 is 0 Å². The maximum Gasteiger partial charge on any atom is 0.152 e. The highest BCUT2D eigenvalue weighted by molar-refractivity contribution is 6.06. The number of pyridine rings is 1. The van der Waals surface area contributed by atoms with Crippen LogP contribution in [0, 0.1) is 5.41 Å². The van der Waals surface area contributed by atoms with E-state index in [0.717, 1.165) is 60.0 Å². The third-order valence-electron chi connectivity index (χ3n) is 4.82. The summed E-state index contributed by atoms with van der Waals surface area (Å²) in [7, 11) is 0. The maximum absolute atomic E-state index is 9.42. The molecule has 3 N–H and O–H groups in total. The summed E-state index contributed by atoms with van der Waals surface area (Å²) in [6.45, 7) is 7.55. The van der Waals surface area contributed by atoms with Crippen molar-refractivity contribution in [3.8, 4) is 0 Å². The van der Waals surface area contributed by atoms with Crippen LogP contribution >= 0.6 is 0 Å². The van der Waals surface area contributed by atoms with Crippen molar-refractivity contribution in [2.75, 3.05) is 12.3 Å². The molecule has 5 heteroatoms. The first-order valence-electron chi connectivity index (χ1n) is 9.11. The molecule has 25 heavy (non-hydrogen) atoms. The Bertz CT molecular complexity index is 882. The predicted molar refractivity (Wildman–Crippen MR) is 104 cm³/mol. The first-order valence-corrected chi connectivity index (χ1v) is 9.11. The highest BCUT2D eigenvalue weighted by Crippen LogP contribution is 2.32. The monoisotopic (exact) mass is 340 g/mol. The number of unbranched alkanes of at least 4 members (excludes halogenated alkanes) is 1. The molecule has 2 heterocycles. The summed E-state index contributed by atoms with van der Waals surface area (Å²) >= 11 is 0. The van der Waals surface area contributed by atoms with Crippen molar-refractivity contribution in [3.63, 3.8) is 0 Å². The highest BCUT2D eigenvalue weighted by atomic mass is 16.3. The van der Waals surface area contributed by atoms with Crippen LogP contribution in [0.1, 0.15) is 45.9 Å². The number of nitrogen functional groups attached to an aromatic ring is 1. The second-order valence-electron chi connectivity index (χ2n) is 7.57. The van der Waals surface area contributed by atoms with Gasteiger partial charge in [-0.15, -0.1) is 0 Å². The summed E-state index contributed by atoms with van der Waals surface area (Å²) < 4.78 is 2.31. The molecule has 3 rings (SSSR count). The standard InChI is InChI=1S/C20H28N4O/c1-4-5-10-16-23-17-18(24(16)13-20(2,3)11-12-25)14-8-6-7-9-15(14)22-19(17)21/h6-9,25H,4-5,10-13H2,1-3H3,(H2,21,22). The van der Waals surface area contributed by atoms with E-state index in [0.29, 0.717) is 5.82 Å². The van der Waals surface area contributed by atoms with Gasteiger partial charge in [0.25, 0.3) is 0 Å². The van der Waals surface area contributed by atoms with Gasteiger partial charge in [-0.05, 0) is 24.3 Å². The third kappa shape index (κ3) is 3.47. The quantitative estimate of drug-likeness (QED) is 0.683. The maximum atomic E-state index is 9.42. The number of hydrogen-bond acceptors (Lipinski definition) is 4. The number of fused-ring (bicyclic) bond motifs is 3. The van der Waals surface area contributed by atoms with Gasteiger partial charge in [0, 0.05) is 25.0 Å². The van der Waals surface area contributed by atoms with E-state index in [2.05, 4.69) is 36.4 Å². The van der Waals surface area contributed by atoms with Gasteiger partial charge in [0.05, 0.1) is 11.0 Å². The summed E-state index contributed by atoms with van der Waals surface area (Å²) in [6.07, 6.45) is 3.89. The molecule has 134 valence electrons. The van der Waals surface area contributed by atoms with Crippen molar-refractivity contribution in [1.29, 1.82) is 0 Å². The van der Waals surface area contributed by atoms with Crippen molar-refractivity contribution in [3.05, 3.63) is 30.1 Å². The largest absolute Gasteiger partial charge is 0.396 e. The zero-order chi connectivity index (χ0) is 18.0. The molecular formula is C20H28N4O. The topological polar surface area (TPSA) is 77.0 Å². The third-order valence-corrected chi connectivity index (χ3v) is 4.82. The van der Waals surface area contributed by atoms with Gasteiger partial charge in [-0.1, -0.05) is 45.4 Å². The fourth-order valence-electron chi connectivity index (χ4n) is 3.41. The minimum absolute atomic E-state index is 0.0253. The average molecular weight is 340 g/mol. The Hall–Kier alpha value is -2.14. The number of benzene rings is 1. The Morgan fingerprint density at radius 2 is 1.96 bits per heavy atom. The Labute approximate surface area is 148 Å². The number of aliphatic hydroxyl groups excluding tert-OH is 1. The molecule has 0 atom stereocenters. The molecule has 0 aliphatic heterocycles. The lowest BCUT2D eigenvalue weighted by Crippen LogP contribution is -2.22. The normalized spacial score (nSPS) is 12.3. The molecule has 3 aromatic rings. The summed E-state index contributed by atoms with van der Waals surface area (Å²) in [5.74, 6) is 1.55. The lowest BCUT2D eigenvalue weighted by atomic mass is 9.89. The Morgan fingerprint density at radius 1 is 1.20 bits per heavy atom. The molecular weight excluding hydrogens is 312 g/mol. The lowest BCUT2D eigenvalue weighted by molar-refractivity contribution is 0.192. The second-order valence-corrected chi connectivity index (χ2v) is 7.57. The van der Waals surface area contributed by atoms with Crippen LogP contribution in [0.25, 0.3) is 21.9 Å². The Kier molecular flexibility index (Phi) is 4.95. The summed E-state index contributed by atoms with van der Waals surface area (Å²) in [5.41, 5.74) is 8.97. The zero-order valence-corrected chi connectivity index (χ0v) is 15.4. The average Bonchev–Trinajstić information content (AvgIpc) is 2.91. The van der Waals surface area contributed by atoms with Crippen molar-refractivity contribution in [2.45, 2.75) is 53.0 Å². The number of nitrogens with two attached hydrogens (primary N) is 1. The number of aryl methyl sites for hydroxylation is 1. The fourth-order valence-corrected chi connectivity index (χ4v) is 3.41. The van der Waals surface area contributed by atoms with Gasteiger partial charge < -0.3 is 15.4 Å². The molecule has 0 unspecified atom stereocenters. The van der Waals surface area contributed by atoms with Gasteiger partial charge in [0.2, 0.25) is 0 Å². The van der Waals surface area contributed by atoms with Gasteiger partial charge >= 0.3 is 0 Å². The minimum Gasteiger partial charge on any atom is -0.396 e. The number of aliphatic hydroxyl groups is 1. The van der Waals surface area contributed by atoms with Gasteiger partial charge in [0.15, 0.2) is 5.82 Å². The van der Waals surface area contributed by atoms with E-state index in [-0.39, 0.29) is 12.0 Å². The molecule has 0 aliphatic carbocycles. The number of aromatic nitrogens is 3. The van der Waals surface area contributed by atoms with Crippen molar-refractivity contribution < 1.29 is 5.11 Å². The molecule has 0 saturated heterocycles. The highest BCUT2D eigenvalue weighted by Gasteiger charge is 2.23. The van der Waals surface area contributed by atoms with Gasteiger partial charge in [-0.3, -0.25) is 0 Å². The van der Waals surface area contributed by atoms with Crippen LogP contribution in [0.15, 0.2) is 24.3 Å². The van der Waals surface area contributed by atoms with E-state index in [1.165, 1.54) is 0 Å². The second kappa shape index (κ2) is 7.00. The molecule has 0 bridgehead atoms. The first-order chi connectivity index (χ1) is 12.0. The van der Waals surface area contributed by atoms with Crippen LogP contribution in [-0.4, -0.2) is 26.2 Å². The van der Waals surface area contributed by atoms with Crippen molar-refractivity contribution in [1.82, 2.24) is 14.5 Å². The van der Waals surface area contributed by atoms with Gasteiger partial charge in [-0.25, -0.2) is 9.97 Å². The summed E-state index contributed by atoms with van der Waals surface area (Å²) in [4.78, 5) is 9.39. The van der Waals surface area contributed by atoms with Crippen LogP contribution in [0.3, 0.4) is 0 Å². The molecule has 0 spiro atoms. The summed E-state index contributed by atoms with van der Waals surface area (Å²) in [5, 5.41) is 10.5. The van der Waals surface area contributed by atoms with Crippen LogP contribution in [-0.2, 0) is 13.0 Å². The van der Waals surface area contributed by atoms with E-state index < -0.39 is 0 Å². The molecule has 0 radical (unpaired) electrons. The number of nitrogens with zero attached hydrogens (tertiary/aromatic N) is 3. The first kappa shape index (κ1) is 17.7. The fraction of sp³-hybridized carbons (Fsp3) is 0.500. The number of para-hydroxylation sites is 1. The van der Waals surface area contributed by atoms with E-state index in [1.54, 1.807) is 0 Å². The smallest absolute Gasteiger partial charge is 0.152 e. The van der Waals surface area contributed by atoms with E-state index in [4.69, 9.17) is 10.7 Å². The number of anilines is 1. The van der Waals surface area contributed by atoms with Crippen molar-refractivity contribution in [2.24, 2.45) is 5.41 Å². The molecule has 0 amide bonds. The predicted octanol–water partition coefficient (Wildman–Crippen LogP) is 3.92. The van der Waals surface area contributed by atoms with Gasteiger partial charge in [0.1, 0.15) is 11.3 Å². The Balaban J connectivity index is 2.25. The molecule has 1 aromatic carbocycles. The van der Waals surface area contributed by atoms with Crippen LogP contribution in [0.5, 0.6) is 0 Å². The van der Waals surface area contributed by atoms with E-state index in [9.17, 15) is 5.11 Å². The molecule has 5 nitrogen and oxygen atoms in total.